The van der Waals surface area contributed by atoms with Gasteiger partial charge in [-0.05, 0) is 24.8 Å². The summed E-state index contributed by atoms with van der Waals surface area (Å²) >= 11 is 0. The number of alkyl carbamates (subject to hydrolysis) is 1. The Labute approximate surface area is 115 Å². The van der Waals surface area contributed by atoms with Crippen molar-refractivity contribution in [3.8, 4) is 0 Å². The average Bonchev–Trinajstić information content (AvgIpc) is 2.45. The molecule has 0 aliphatic rings. The minimum absolute atomic E-state index is 0.325. The zero-order chi connectivity index (χ0) is 13.8. The first-order valence-corrected chi connectivity index (χ1v) is 6.88. The molecule has 1 amide bonds. The Bertz CT molecular complexity index is 362. The third kappa shape index (κ3) is 8.03. The zero-order valence-corrected chi connectivity index (χ0v) is 11.4. The number of ether oxygens (including phenoxy) is 1. The predicted molar refractivity (Wildman–Crippen MR) is 77.9 cm³/mol. The second-order valence-corrected chi connectivity index (χ2v) is 4.48. The standard InChI is InChI=1S/C16H23NO2/c1-2-3-4-5-6-10-13-17-16(18)19-14-15-11-8-7-9-12-15/h2,7-9,11-12H,1,3-6,10,13-14H2,(H,17,18). The lowest BCUT2D eigenvalue weighted by Gasteiger charge is -2.06. The summed E-state index contributed by atoms with van der Waals surface area (Å²) in [6.45, 7) is 4.70. The maximum atomic E-state index is 11.4. The van der Waals surface area contributed by atoms with Gasteiger partial charge in [0.05, 0.1) is 0 Å². The highest BCUT2D eigenvalue weighted by molar-refractivity contribution is 5.67. The molecule has 0 aromatic heterocycles. The van der Waals surface area contributed by atoms with Crippen LogP contribution in [-0.4, -0.2) is 12.6 Å². The van der Waals surface area contributed by atoms with Crippen LogP contribution in [0.25, 0.3) is 0 Å². The number of carbonyl (C=O) groups is 1. The largest absolute Gasteiger partial charge is 0.445 e. The summed E-state index contributed by atoms with van der Waals surface area (Å²) in [5, 5.41) is 2.76. The molecular formula is C16H23NO2. The number of amides is 1. The summed E-state index contributed by atoms with van der Waals surface area (Å²) in [6.07, 6.45) is 7.18. The molecule has 1 aromatic carbocycles. The van der Waals surface area contributed by atoms with Gasteiger partial charge in [-0.2, -0.15) is 0 Å². The van der Waals surface area contributed by atoms with Crippen molar-refractivity contribution >= 4 is 6.09 Å². The van der Waals surface area contributed by atoms with Gasteiger partial charge in [0.15, 0.2) is 0 Å². The van der Waals surface area contributed by atoms with Crippen LogP contribution in [0.5, 0.6) is 0 Å². The smallest absolute Gasteiger partial charge is 0.407 e. The maximum absolute atomic E-state index is 11.4. The molecule has 0 saturated heterocycles. The Morgan fingerprint density at radius 1 is 1.16 bits per heavy atom. The lowest BCUT2D eigenvalue weighted by Crippen LogP contribution is -2.25. The lowest BCUT2D eigenvalue weighted by atomic mass is 10.1. The van der Waals surface area contributed by atoms with E-state index in [1.807, 2.05) is 36.4 Å². The van der Waals surface area contributed by atoms with E-state index in [-0.39, 0.29) is 6.09 Å². The van der Waals surface area contributed by atoms with Crippen LogP contribution in [0.2, 0.25) is 0 Å². The maximum Gasteiger partial charge on any atom is 0.407 e. The van der Waals surface area contributed by atoms with Crippen molar-refractivity contribution in [1.29, 1.82) is 0 Å². The van der Waals surface area contributed by atoms with Gasteiger partial charge < -0.3 is 10.1 Å². The second kappa shape index (κ2) is 10.2. The summed E-state index contributed by atoms with van der Waals surface area (Å²) in [4.78, 5) is 11.4. The number of hydrogen-bond acceptors (Lipinski definition) is 2. The predicted octanol–water partition coefficient (Wildman–Crippen LogP) is 4.05. The number of allylic oxidation sites excluding steroid dienone is 1. The first-order chi connectivity index (χ1) is 9.33. The SMILES string of the molecule is C=CCCCCCCNC(=O)OCc1ccccc1. The number of carbonyl (C=O) groups excluding carboxylic acids is 1. The molecule has 0 aliphatic carbocycles. The van der Waals surface area contributed by atoms with Crippen molar-refractivity contribution < 1.29 is 9.53 Å². The zero-order valence-electron chi connectivity index (χ0n) is 11.4. The highest BCUT2D eigenvalue weighted by atomic mass is 16.5. The number of hydrogen-bond donors (Lipinski definition) is 1. The molecule has 0 saturated carbocycles. The molecular weight excluding hydrogens is 238 g/mol. The van der Waals surface area contributed by atoms with Gasteiger partial charge in [0.25, 0.3) is 0 Å². The van der Waals surface area contributed by atoms with E-state index in [2.05, 4.69) is 11.9 Å². The van der Waals surface area contributed by atoms with Crippen molar-refractivity contribution in [2.24, 2.45) is 0 Å². The van der Waals surface area contributed by atoms with Gasteiger partial charge in [-0.1, -0.05) is 49.2 Å². The fourth-order valence-electron chi connectivity index (χ4n) is 1.73. The van der Waals surface area contributed by atoms with Crippen LogP contribution >= 0.6 is 0 Å². The summed E-state index contributed by atoms with van der Waals surface area (Å²) in [5.74, 6) is 0. The molecule has 104 valence electrons. The van der Waals surface area contributed by atoms with Crippen LogP contribution in [0.1, 0.15) is 37.7 Å². The van der Waals surface area contributed by atoms with Gasteiger partial charge in [0.2, 0.25) is 0 Å². The number of benzene rings is 1. The third-order valence-electron chi connectivity index (χ3n) is 2.82. The topological polar surface area (TPSA) is 38.3 Å². The van der Waals surface area contributed by atoms with Crippen LogP contribution in [0.3, 0.4) is 0 Å². The molecule has 0 heterocycles. The van der Waals surface area contributed by atoms with Gasteiger partial charge in [-0.3, -0.25) is 0 Å². The first-order valence-electron chi connectivity index (χ1n) is 6.88. The van der Waals surface area contributed by atoms with Gasteiger partial charge >= 0.3 is 6.09 Å². The molecule has 0 fully saturated rings. The third-order valence-corrected chi connectivity index (χ3v) is 2.82. The molecule has 0 radical (unpaired) electrons. The van der Waals surface area contributed by atoms with E-state index in [4.69, 9.17) is 4.74 Å². The Morgan fingerprint density at radius 2 is 1.89 bits per heavy atom. The Balaban J connectivity index is 1.98. The minimum atomic E-state index is -0.338. The number of unbranched alkanes of at least 4 members (excludes halogenated alkanes) is 4. The van der Waals surface area contributed by atoms with Crippen LogP contribution in [0.15, 0.2) is 43.0 Å². The molecule has 0 spiro atoms. The van der Waals surface area contributed by atoms with Crippen molar-refractivity contribution in [1.82, 2.24) is 5.32 Å². The minimum Gasteiger partial charge on any atom is -0.445 e. The van der Waals surface area contributed by atoms with E-state index in [0.717, 1.165) is 24.8 Å². The Kier molecular flexibility index (Phi) is 8.19. The Hall–Kier alpha value is -1.77. The highest BCUT2D eigenvalue weighted by Gasteiger charge is 2.01. The van der Waals surface area contributed by atoms with Gasteiger partial charge in [0.1, 0.15) is 6.61 Å². The molecule has 0 atom stereocenters. The fourth-order valence-corrected chi connectivity index (χ4v) is 1.73. The van der Waals surface area contributed by atoms with E-state index in [9.17, 15) is 4.79 Å². The monoisotopic (exact) mass is 261 g/mol. The molecule has 1 rings (SSSR count). The molecule has 1 aromatic rings. The van der Waals surface area contributed by atoms with Crippen LogP contribution in [0, 0.1) is 0 Å². The molecule has 0 unspecified atom stereocenters. The summed E-state index contributed by atoms with van der Waals surface area (Å²) in [6, 6.07) is 9.68. The van der Waals surface area contributed by atoms with E-state index < -0.39 is 0 Å². The molecule has 0 aliphatic heterocycles. The van der Waals surface area contributed by atoms with Crippen molar-refractivity contribution in [2.75, 3.05) is 6.54 Å². The average molecular weight is 261 g/mol. The van der Waals surface area contributed by atoms with E-state index in [1.54, 1.807) is 0 Å². The lowest BCUT2D eigenvalue weighted by molar-refractivity contribution is 0.139. The molecule has 3 nitrogen and oxygen atoms in total. The van der Waals surface area contributed by atoms with E-state index in [1.165, 1.54) is 12.8 Å². The number of rotatable bonds is 9. The normalized spacial score (nSPS) is 9.89. The summed E-state index contributed by atoms with van der Waals surface area (Å²) in [7, 11) is 0. The van der Waals surface area contributed by atoms with E-state index >= 15 is 0 Å². The van der Waals surface area contributed by atoms with E-state index in [0.29, 0.717) is 13.2 Å². The van der Waals surface area contributed by atoms with Crippen LogP contribution in [0.4, 0.5) is 4.79 Å². The van der Waals surface area contributed by atoms with Crippen LogP contribution in [-0.2, 0) is 11.3 Å². The summed E-state index contributed by atoms with van der Waals surface area (Å²) < 4.78 is 5.11. The number of nitrogens with one attached hydrogen (secondary N) is 1. The molecule has 1 N–H and O–H groups in total. The molecule has 3 heteroatoms. The van der Waals surface area contributed by atoms with Crippen LogP contribution < -0.4 is 5.32 Å². The quantitative estimate of drug-likeness (QED) is 0.538. The first kappa shape index (κ1) is 15.3. The van der Waals surface area contributed by atoms with Crippen molar-refractivity contribution in [3.63, 3.8) is 0 Å². The fraction of sp³-hybridized carbons (Fsp3) is 0.438. The van der Waals surface area contributed by atoms with Crippen molar-refractivity contribution in [3.05, 3.63) is 48.6 Å². The van der Waals surface area contributed by atoms with Gasteiger partial charge in [0, 0.05) is 6.54 Å². The molecule has 0 bridgehead atoms. The van der Waals surface area contributed by atoms with Crippen molar-refractivity contribution in [2.45, 2.75) is 38.7 Å². The Morgan fingerprint density at radius 3 is 2.63 bits per heavy atom. The van der Waals surface area contributed by atoms with Gasteiger partial charge in [-0.25, -0.2) is 4.79 Å². The second-order valence-electron chi connectivity index (χ2n) is 4.48. The van der Waals surface area contributed by atoms with Gasteiger partial charge in [-0.15, -0.1) is 6.58 Å². The molecule has 19 heavy (non-hydrogen) atoms. The summed E-state index contributed by atoms with van der Waals surface area (Å²) in [5.41, 5.74) is 1.00. The highest BCUT2D eigenvalue weighted by Crippen LogP contribution is 2.03.